The van der Waals surface area contributed by atoms with Crippen LogP contribution < -0.4 is 0 Å². The molecule has 3 nitrogen and oxygen atoms in total. The first-order valence-corrected chi connectivity index (χ1v) is 9.60. The zero-order valence-electron chi connectivity index (χ0n) is 16.5. The molecule has 0 aliphatic heterocycles. The summed E-state index contributed by atoms with van der Waals surface area (Å²) in [4.78, 5) is 14.9. The van der Waals surface area contributed by atoms with Crippen molar-refractivity contribution in [2.24, 2.45) is 0 Å². The van der Waals surface area contributed by atoms with Crippen molar-refractivity contribution < 1.29 is 9.90 Å². The third-order valence-corrected chi connectivity index (χ3v) is 4.94. The number of phenols is 1. The van der Waals surface area contributed by atoms with E-state index in [1.807, 2.05) is 55.1 Å². The molecule has 26 heavy (non-hydrogen) atoms. The fourth-order valence-electron chi connectivity index (χ4n) is 3.40. The van der Waals surface area contributed by atoms with Crippen LogP contribution in [0.25, 0.3) is 0 Å². The van der Waals surface area contributed by atoms with E-state index in [1.54, 1.807) is 6.07 Å². The number of carbonyl (C=O) groups is 1. The van der Waals surface area contributed by atoms with E-state index in [9.17, 15) is 9.90 Å². The van der Waals surface area contributed by atoms with Gasteiger partial charge in [-0.05, 0) is 49.4 Å². The Labute approximate surface area is 157 Å². The summed E-state index contributed by atoms with van der Waals surface area (Å²) in [7, 11) is 0. The Hall–Kier alpha value is -2.29. The standard InChI is InChI=1S/C23H31NO2/c1-5-12-24(13-6-2)23(26)16-20(19-10-8-7-9-11-19)21-14-17(3)18(4)15-22(21)25/h7-11,14-15,20,25H,5-6,12-13,16H2,1-4H3. The van der Waals surface area contributed by atoms with Gasteiger partial charge < -0.3 is 10.0 Å². The number of rotatable bonds is 8. The lowest BCUT2D eigenvalue weighted by Crippen LogP contribution is -2.33. The van der Waals surface area contributed by atoms with Gasteiger partial charge in [-0.1, -0.05) is 50.2 Å². The number of carbonyl (C=O) groups excluding carboxylic acids is 1. The second kappa shape index (κ2) is 9.42. The number of aryl methyl sites for hydroxylation is 2. The number of phenolic OH excluding ortho intramolecular Hbond substituents is 1. The number of hydrogen-bond donors (Lipinski definition) is 1. The van der Waals surface area contributed by atoms with Gasteiger partial charge >= 0.3 is 0 Å². The van der Waals surface area contributed by atoms with Crippen molar-refractivity contribution in [3.8, 4) is 5.75 Å². The van der Waals surface area contributed by atoms with Crippen LogP contribution in [-0.2, 0) is 4.79 Å². The molecule has 2 rings (SSSR count). The molecule has 1 atom stereocenters. The molecule has 0 radical (unpaired) electrons. The molecule has 0 aliphatic rings. The maximum atomic E-state index is 13.0. The van der Waals surface area contributed by atoms with E-state index in [1.165, 1.54) is 0 Å². The monoisotopic (exact) mass is 353 g/mol. The number of aromatic hydroxyl groups is 1. The average Bonchev–Trinajstić information content (AvgIpc) is 2.63. The van der Waals surface area contributed by atoms with Crippen molar-refractivity contribution >= 4 is 5.91 Å². The summed E-state index contributed by atoms with van der Waals surface area (Å²) in [6.07, 6.45) is 2.29. The molecule has 1 N–H and O–H groups in total. The molecule has 0 aliphatic carbocycles. The van der Waals surface area contributed by atoms with E-state index in [4.69, 9.17) is 0 Å². The Balaban J connectivity index is 2.40. The maximum Gasteiger partial charge on any atom is 0.223 e. The van der Waals surface area contributed by atoms with E-state index in [2.05, 4.69) is 13.8 Å². The predicted octanol–water partition coefficient (Wildman–Crippen LogP) is 5.18. The summed E-state index contributed by atoms with van der Waals surface area (Å²) in [5.74, 6) is 0.284. The topological polar surface area (TPSA) is 40.5 Å². The van der Waals surface area contributed by atoms with Gasteiger partial charge in [0.05, 0.1) is 0 Å². The Morgan fingerprint density at radius 2 is 1.58 bits per heavy atom. The van der Waals surface area contributed by atoms with Gasteiger partial charge in [0.15, 0.2) is 0 Å². The van der Waals surface area contributed by atoms with Crippen molar-refractivity contribution in [1.82, 2.24) is 4.90 Å². The molecule has 0 saturated carbocycles. The molecule has 3 heteroatoms. The lowest BCUT2D eigenvalue weighted by atomic mass is 9.86. The van der Waals surface area contributed by atoms with E-state index >= 15 is 0 Å². The summed E-state index contributed by atoms with van der Waals surface area (Å²) >= 11 is 0. The molecule has 0 aromatic heterocycles. The molecule has 0 saturated heterocycles. The smallest absolute Gasteiger partial charge is 0.223 e. The third kappa shape index (κ3) is 4.87. The predicted molar refractivity (Wildman–Crippen MR) is 108 cm³/mol. The SMILES string of the molecule is CCCN(CCC)C(=O)CC(c1ccccc1)c1cc(C)c(C)cc1O. The van der Waals surface area contributed by atoms with Gasteiger partial charge in [-0.15, -0.1) is 0 Å². The minimum atomic E-state index is -0.140. The molecule has 0 heterocycles. The van der Waals surface area contributed by atoms with Crippen LogP contribution in [0.4, 0.5) is 0 Å². The van der Waals surface area contributed by atoms with Gasteiger partial charge in [-0.25, -0.2) is 0 Å². The summed E-state index contributed by atoms with van der Waals surface area (Å²) in [5.41, 5.74) is 4.08. The fourth-order valence-corrected chi connectivity index (χ4v) is 3.40. The van der Waals surface area contributed by atoms with E-state index in [0.29, 0.717) is 6.42 Å². The molecule has 1 amide bonds. The molecule has 1 unspecified atom stereocenters. The lowest BCUT2D eigenvalue weighted by Gasteiger charge is -2.26. The minimum Gasteiger partial charge on any atom is -0.508 e. The quantitative estimate of drug-likeness (QED) is 0.710. The van der Waals surface area contributed by atoms with Gasteiger partial charge in [0.25, 0.3) is 0 Å². The Bertz CT molecular complexity index is 718. The zero-order valence-corrected chi connectivity index (χ0v) is 16.5. The van der Waals surface area contributed by atoms with Crippen LogP contribution in [0.2, 0.25) is 0 Å². The van der Waals surface area contributed by atoms with E-state index in [-0.39, 0.29) is 17.6 Å². The molecule has 140 valence electrons. The Kier molecular flexibility index (Phi) is 7.26. The minimum absolute atomic E-state index is 0.140. The van der Waals surface area contributed by atoms with Crippen molar-refractivity contribution in [1.29, 1.82) is 0 Å². The highest BCUT2D eigenvalue weighted by molar-refractivity contribution is 5.78. The lowest BCUT2D eigenvalue weighted by molar-refractivity contribution is -0.131. The molecule has 0 bridgehead atoms. The van der Waals surface area contributed by atoms with Gasteiger partial charge in [0.1, 0.15) is 5.75 Å². The second-order valence-electron chi connectivity index (χ2n) is 7.04. The molecule has 2 aromatic carbocycles. The van der Waals surface area contributed by atoms with Crippen LogP contribution in [0.3, 0.4) is 0 Å². The number of hydrogen-bond acceptors (Lipinski definition) is 2. The summed E-state index contributed by atoms with van der Waals surface area (Å²) in [6.45, 7) is 9.80. The molecule has 0 spiro atoms. The van der Waals surface area contributed by atoms with Crippen molar-refractivity contribution in [3.63, 3.8) is 0 Å². The van der Waals surface area contributed by atoms with Gasteiger partial charge in [0, 0.05) is 31.0 Å². The van der Waals surface area contributed by atoms with Crippen LogP contribution in [0.5, 0.6) is 5.75 Å². The number of amides is 1. The van der Waals surface area contributed by atoms with Crippen LogP contribution in [0.15, 0.2) is 42.5 Å². The van der Waals surface area contributed by atoms with E-state index in [0.717, 1.165) is 48.2 Å². The van der Waals surface area contributed by atoms with Crippen LogP contribution >= 0.6 is 0 Å². The fraction of sp³-hybridized carbons (Fsp3) is 0.435. The highest BCUT2D eigenvalue weighted by Gasteiger charge is 2.24. The van der Waals surface area contributed by atoms with Crippen molar-refractivity contribution in [2.45, 2.75) is 52.9 Å². The third-order valence-electron chi connectivity index (χ3n) is 4.94. The largest absolute Gasteiger partial charge is 0.508 e. The first-order chi connectivity index (χ1) is 12.5. The van der Waals surface area contributed by atoms with Gasteiger partial charge in [0.2, 0.25) is 5.91 Å². The van der Waals surface area contributed by atoms with Crippen molar-refractivity contribution in [2.75, 3.05) is 13.1 Å². The van der Waals surface area contributed by atoms with Crippen molar-refractivity contribution in [3.05, 3.63) is 64.7 Å². The molecular formula is C23H31NO2. The van der Waals surface area contributed by atoms with Gasteiger partial charge in [-0.2, -0.15) is 0 Å². The molecule has 2 aromatic rings. The average molecular weight is 354 g/mol. The number of nitrogens with zero attached hydrogens (tertiary/aromatic N) is 1. The van der Waals surface area contributed by atoms with Gasteiger partial charge in [-0.3, -0.25) is 4.79 Å². The zero-order chi connectivity index (χ0) is 19.1. The first-order valence-electron chi connectivity index (χ1n) is 9.60. The summed E-state index contributed by atoms with van der Waals surface area (Å²) in [5, 5.41) is 10.6. The summed E-state index contributed by atoms with van der Waals surface area (Å²) in [6, 6.07) is 13.9. The normalized spacial score (nSPS) is 12.0. The van der Waals surface area contributed by atoms with E-state index < -0.39 is 0 Å². The molecule has 0 fully saturated rings. The Morgan fingerprint density at radius 3 is 2.15 bits per heavy atom. The Morgan fingerprint density at radius 1 is 1.00 bits per heavy atom. The highest BCUT2D eigenvalue weighted by Crippen LogP contribution is 2.36. The first kappa shape index (κ1) is 20.0. The van der Waals surface area contributed by atoms with Crippen LogP contribution in [0, 0.1) is 13.8 Å². The number of benzene rings is 2. The summed E-state index contributed by atoms with van der Waals surface area (Å²) < 4.78 is 0. The molecular weight excluding hydrogens is 322 g/mol. The van der Waals surface area contributed by atoms with Crippen LogP contribution in [0.1, 0.15) is 61.3 Å². The van der Waals surface area contributed by atoms with Crippen LogP contribution in [-0.4, -0.2) is 29.0 Å². The highest BCUT2D eigenvalue weighted by atomic mass is 16.3. The maximum absolute atomic E-state index is 13.0. The second-order valence-corrected chi connectivity index (χ2v) is 7.04.